The number of nitrogens with zero attached hydrogens (tertiary/aromatic N) is 4. The van der Waals surface area contributed by atoms with Crippen molar-refractivity contribution >= 4 is 27.4 Å². The number of hydrogen-bond donors (Lipinski definition) is 0. The summed E-state index contributed by atoms with van der Waals surface area (Å²) in [6.45, 7) is 7.12. The minimum atomic E-state index is 0.461. The standard InChI is InChI=1S/C22H29BrN4O2/c1-4-9-20(18-12-6-11-17(3)24-18)26-28-15-8-16-29-27-21(10-5-2)19-13-7-14-22(23)25-19/h6-7,11-14H,4-5,8-10,15-16H2,1-3H3/b26-20+,27-21+. The molecule has 7 heteroatoms. The lowest BCUT2D eigenvalue weighted by Crippen LogP contribution is -2.07. The van der Waals surface area contributed by atoms with Crippen LogP contribution in [0.1, 0.15) is 63.0 Å². The lowest BCUT2D eigenvalue weighted by atomic mass is 10.1. The molecule has 0 N–H and O–H groups in total. The third-order valence-corrected chi connectivity index (χ3v) is 4.43. The summed E-state index contributed by atoms with van der Waals surface area (Å²) in [6.07, 6.45) is 4.30. The number of pyridine rings is 2. The molecular weight excluding hydrogens is 432 g/mol. The number of aromatic nitrogens is 2. The van der Waals surface area contributed by atoms with Crippen LogP contribution in [0.4, 0.5) is 0 Å². The first kappa shape index (κ1) is 23.0. The van der Waals surface area contributed by atoms with E-state index < -0.39 is 0 Å². The van der Waals surface area contributed by atoms with E-state index in [9.17, 15) is 0 Å². The van der Waals surface area contributed by atoms with Crippen molar-refractivity contribution in [2.45, 2.75) is 52.9 Å². The van der Waals surface area contributed by atoms with E-state index >= 15 is 0 Å². The summed E-state index contributed by atoms with van der Waals surface area (Å²) in [7, 11) is 0. The summed E-state index contributed by atoms with van der Waals surface area (Å²) in [6, 6.07) is 11.7. The largest absolute Gasteiger partial charge is 0.395 e. The molecule has 0 radical (unpaired) electrons. The van der Waals surface area contributed by atoms with E-state index in [1.807, 2.05) is 43.3 Å². The second-order valence-electron chi connectivity index (χ2n) is 6.61. The zero-order valence-electron chi connectivity index (χ0n) is 17.4. The Morgan fingerprint density at radius 3 is 1.93 bits per heavy atom. The number of rotatable bonds is 12. The Labute approximate surface area is 181 Å². The van der Waals surface area contributed by atoms with Gasteiger partial charge in [0.25, 0.3) is 0 Å². The van der Waals surface area contributed by atoms with Crippen molar-refractivity contribution in [1.82, 2.24) is 9.97 Å². The van der Waals surface area contributed by atoms with Crippen LogP contribution in [0.3, 0.4) is 0 Å². The zero-order chi connectivity index (χ0) is 20.9. The zero-order valence-corrected chi connectivity index (χ0v) is 19.0. The quantitative estimate of drug-likeness (QED) is 0.177. The Morgan fingerprint density at radius 1 is 0.862 bits per heavy atom. The molecule has 0 atom stereocenters. The van der Waals surface area contributed by atoms with E-state index in [1.165, 1.54) is 0 Å². The van der Waals surface area contributed by atoms with E-state index in [1.54, 1.807) is 0 Å². The van der Waals surface area contributed by atoms with Gasteiger partial charge in [-0.25, -0.2) is 4.98 Å². The lowest BCUT2D eigenvalue weighted by Gasteiger charge is -2.07. The highest BCUT2D eigenvalue weighted by molar-refractivity contribution is 9.10. The van der Waals surface area contributed by atoms with Crippen LogP contribution in [0.25, 0.3) is 0 Å². The van der Waals surface area contributed by atoms with E-state index in [0.717, 1.165) is 58.8 Å². The Balaban J connectivity index is 1.82. The van der Waals surface area contributed by atoms with Crippen LogP contribution in [-0.4, -0.2) is 34.6 Å². The van der Waals surface area contributed by atoms with Gasteiger partial charge in [-0.2, -0.15) is 0 Å². The molecule has 0 saturated carbocycles. The smallest absolute Gasteiger partial charge is 0.120 e. The highest BCUT2D eigenvalue weighted by Gasteiger charge is 2.07. The summed E-state index contributed by atoms with van der Waals surface area (Å²) in [5.74, 6) is 0. The molecule has 156 valence electrons. The van der Waals surface area contributed by atoms with Gasteiger partial charge in [0.1, 0.15) is 29.2 Å². The molecule has 0 aromatic carbocycles. The Hall–Kier alpha value is -2.28. The molecule has 2 aromatic heterocycles. The van der Waals surface area contributed by atoms with Crippen molar-refractivity contribution in [3.05, 3.63) is 58.1 Å². The molecule has 2 aromatic rings. The van der Waals surface area contributed by atoms with Crippen molar-refractivity contribution in [2.24, 2.45) is 10.3 Å². The fourth-order valence-corrected chi connectivity index (χ4v) is 2.97. The van der Waals surface area contributed by atoms with Gasteiger partial charge in [-0.3, -0.25) is 4.98 Å². The van der Waals surface area contributed by atoms with Gasteiger partial charge in [0.2, 0.25) is 0 Å². The van der Waals surface area contributed by atoms with Gasteiger partial charge in [-0.15, -0.1) is 0 Å². The molecule has 0 spiro atoms. The van der Waals surface area contributed by atoms with E-state index in [2.05, 4.69) is 50.1 Å². The van der Waals surface area contributed by atoms with Crippen LogP contribution >= 0.6 is 15.9 Å². The van der Waals surface area contributed by atoms with Crippen molar-refractivity contribution in [3.63, 3.8) is 0 Å². The van der Waals surface area contributed by atoms with Crippen LogP contribution < -0.4 is 0 Å². The minimum absolute atomic E-state index is 0.461. The van der Waals surface area contributed by atoms with Crippen molar-refractivity contribution in [1.29, 1.82) is 0 Å². The van der Waals surface area contributed by atoms with E-state index in [0.29, 0.717) is 19.6 Å². The fourth-order valence-electron chi connectivity index (χ4n) is 2.62. The van der Waals surface area contributed by atoms with E-state index in [-0.39, 0.29) is 0 Å². The summed E-state index contributed by atoms with van der Waals surface area (Å²) in [5.41, 5.74) is 4.40. The molecular formula is C22H29BrN4O2. The molecule has 0 bridgehead atoms. The first-order valence-corrected chi connectivity index (χ1v) is 10.9. The van der Waals surface area contributed by atoms with Gasteiger partial charge in [-0.1, -0.05) is 49.1 Å². The molecule has 0 amide bonds. The summed E-state index contributed by atoms with van der Waals surface area (Å²) in [5, 5.41) is 8.57. The predicted molar refractivity (Wildman–Crippen MR) is 120 cm³/mol. The van der Waals surface area contributed by atoms with Gasteiger partial charge >= 0.3 is 0 Å². The van der Waals surface area contributed by atoms with Gasteiger partial charge < -0.3 is 9.68 Å². The van der Waals surface area contributed by atoms with Crippen LogP contribution in [0, 0.1) is 6.92 Å². The molecule has 2 rings (SSSR count). The van der Waals surface area contributed by atoms with Crippen molar-refractivity contribution in [2.75, 3.05) is 13.2 Å². The molecule has 6 nitrogen and oxygen atoms in total. The topological polar surface area (TPSA) is 69.0 Å². The summed E-state index contributed by atoms with van der Waals surface area (Å²) in [4.78, 5) is 20.0. The maximum atomic E-state index is 5.50. The molecule has 0 aliphatic rings. The first-order chi connectivity index (χ1) is 14.1. The molecule has 29 heavy (non-hydrogen) atoms. The van der Waals surface area contributed by atoms with Crippen LogP contribution in [0.15, 0.2) is 51.3 Å². The maximum Gasteiger partial charge on any atom is 0.120 e. The molecule has 2 heterocycles. The summed E-state index contributed by atoms with van der Waals surface area (Å²) >= 11 is 3.39. The van der Waals surface area contributed by atoms with E-state index in [4.69, 9.17) is 9.68 Å². The maximum absolute atomic E-state index is 5.50. The van der Waals surface area contributed by atoms with Crippen molar-refractivity contribution in [3.8, 4) is 0 Å². The number of aryl methyl sites for hydroxylation is 1. The minimum Gasteiger partial charge on any atom is -0.395 e. The third kappa shape index (κ3) is 8.31. The van der Waals surface area contributed by atoms with Gasteiger partial charge in [-0.05, 0) is 60.0 Å². The SMILES string of the molecule is CCC/C(=N\OCCCO/N=C(\CCC)c1cccc(Br)n1)c1cccc(C)n1. The fraction of sp³-hybridized carbons (Fsp3) is 0.455. The van der Waals surface area contributed by atoms with Gasteiger partial charge in [0.05, 0.1) is 11.4 Å². The normalized spacial score (nSPS) is 12.1. The average molecular weight is 461 g/mol. The highest BCUT2D eigenvalue weighted by atomic mass is 79.9. The third-order valence-electron chi connectivity index (χ3n) is 3.99. The van der Waals surface area contributed by atoms with Crippen LogP contribution in [-0.2, 0) is 9.68 Å². The molecule has 0 fully saturated rings. The average Bonchev–Trinajstić information content (AvgIpc) is 2.71. The number of halogens is 1. The first-order valence-electron chi connectivity index (χ1n) is 10.1. The Morgan fingerprint density at radius 2 is 1.41 bits per heavy atom. The van der Waals surface area contributed by atoms with Gasteiger partial charge in [0, 0.05) is 12.1 Å². The Bertz CT molecular complexity index is 756. The molecule has 0 aliphatic heterocycles. The monoisotopic (exact) mass is 460 g/mol. The number of hydrogen-bond acceptors (Lipinski definition) is 6. The number of oxime groups is 2. The van der Waals surface area contributed by atoms with Gasteiger partial charge in [0.15, 0.2) is 0 Å². The van der Waals surface area contributed by atoms with Crippen LogP contribution in [0.5, 0.6) is 0 Å². The Kier molecular flexibility index (Phi) is 10.3. The van der Waals surface area contributed by atoms with Crippen molar-refractivity contribution < 1.29 is 9.68 Å². The molecule has 0 saturated heterocycles. The second kappa shape index (κ2) is 13.0. The predicted octanol–water partition coefficient (Wildman–Crippen LogP) is 5.68. The second-order valence-corrected chi connectivity index (χ2v) is 7.42. The molecule has 0 unspecified atom stereocenters. The lowest BCUT2D eigenvalue weighted by molar-refractivity contribution is 0.0896. The highest BCUT2D eigenvalue weighted by Crippen LogP contribution is 2.10. The van der Waals surface area contributed by atoms with Crippen LogP contribution in [0.2, 0.25) is 0 Å². The molecule has 0 aliphatic carbocycles. The summed E-state index contributed by atoms with van der Waals surface area (Å²) < 4.78 is 0.788.